The van der Waals surface area contributed by atoms with Crippen LogP contribution in [0.1, 0.15) is 55.6 Å². The summed E-state index contributed by atoms with van der Waals surface area (Å²) in [5.74, 6) is 0.556. The van der Waals surface area contributed by atoms with Crippen molar-refractivity contribution in [2.75, 3.05) is 25.0 Å². The second kappa shape index (κ2) is 11.2. The minimum atomic E-state index is -0.356. The largest absolute Gasteiger partial charge is 0.382 e. The van der Waals surface area contributed by atoms with Gasteiger partial charge in [0.2, 0.25) is 5.91 Å². The van der Waals surface area contributed by atoms with Crippen LogP contribution in [-0.2, 0) is 9.53 Å². The number of rotatable bonds is 7. The summed E-state index contributed by atoms with van der Waals surface area (Å²) in [5, 5.41) is 15.2. The van der Waals surface area contributed by atoms with Gasteiger partial charge >= 0.3 is 0 Å². The molecule has 1 saturated carbocycles. The second-order valence-electron chi connectivity index (χ2n) is 9.39. The molecule has 2 aromatic rings. The monoisotopic (exact) mass is 485 g/mol. The lowest BCUT2D eigenvalue weighted by molar-refractivity contribution is -0.385. The van der Waals surface area contributed by atoms with E-state index >= 15 is 0 Å². The van der Waals surface area contributed by atoms with Crippen LogP contribution in [0.2, 0.25) is 5.02 Å². The standard InChI is InChI=1S/C26H32ClN3O4/c1-18-16-23(8-11-25(18)30(32)33)28-22-6-9-24(10-7-22)34-17-26(31)29-14-12-20(13-15-29)19-2-4-21(27)5-3-19/h2-5,8,11,16,20,22,24,28H,6-7,9-10,12-15,17H2,1H3. The summed E-state index contributed by atoms with van der Waals surface area (Å²) in [6.07, 6.45) is 5.72. The Morgan fingerprint density at radius 3 is 2.38 bits per heavy atom. The van der Waals surface area contributed by atoms with Crippen molar-refractivity contribution in [1.82, 2.24) is 4.90 Å². The highest BCUT2D eigenvalue weighted by molar-refractivity contribution is 6.30. The van der Waals surface area contributed by atoms with E-state index in [9.17, 15) is 14.9 Å². The molecule has 7 nitrogen and oxygen atoms in total. The Bertz CT molecular complexity index is 998. The highest BCUT2D eigenvalue weighted by atomic mass is 35.5. The number of nitrogens with zero attached hydrogens (tertiary/aromatic N) is 2. The number of likely N-dealkylation sites (tertiary alicyclic amines) is 1. The highest BCUT2D eigenvalue weighted by Gasteiger charge is 2.26. The smallest absolute Gasteiger partial charge is 0.272 e. The first kappa shape index (κ1) is 24.5. The van der Waals surface area contributed by atoms with Crippen LogP contribution in [0.5, 0.6) is 0 Å². The van der Waals surface area contributed by atoms with Gasteiger partial charge in [-0.3, -0.25) is 14.9 Å². The number of carbonyl (C=O) groups excluding carboxylic acids is 1. The molecule has 34 heavy (non-hydrogen) atoms. The molecular weight excluding hydrogens is 454 g/mol. The SMILES string of the molecule is Cc1cc(NC2CCC(OCC(=O)N3CCC(c4ccc(Cl)cc4)CC3)CC2)ccc1[N+](=O)[O-]. The van der Waals surface area contributed by atoms with Crippen LogP contribution in [0, 0.1) is 17.0 Å². The summed E-state index contributed by atoms with van der Waals surface area (Å²) in [5.41, 5.74) is 3.00. The van der Waals surface area contributed by atoms with E-state index in [4.69, 9.17) is 16.3 Å². The Labute approximate surface area is 205 Å². The molecule has 1 aliphatic carbocycles. The van der Waals surface area contributed by atoms with Gasteiger partial charge in [0.1, 0.15) is 6.61 Å². The number of anilines is 1. The Balaban J connectivity index is 1.16. The van der Waals surface area contributed by atoms with Crippen LogP contribution in [-0.4, -0.2) is 47.6 Å². The molecule has 8 heteroatoms. The van der Waals surface area contributed by atoms with Crippen LogP contribution in [0.4, 0.5) is 11.4 Å². The summed E-state index contributed by atoms with van der Waals surface area (Å²) in [7, 11) is 0. The molecule has 4 rings (SSSR count). The van der Waals surface area contributed by atoms with E-state index < -0.39 is 0 Å². The summed E-state index contributed by atoms with van der Waals surface area (Å²) in [6, 6.07) is 13.5. The second-order valence-corrected chi connectivity index (χ2v) is 9.83. The minimum Gasteiger partial charge on any atom is -0.382 e. The number of halogens is 1. The van der Waals surface area contributed by atoms with Gasteiger partial charge < -0.3 is 15.0 Å². The van der Waals surface area contributed by atoms with Crippen LogP contribution in [0.3, 0.4) is 0 Å². The summed E-state index contributed by atoms with van der Waals surface area (Å²) < 4.78 is 5.97. The van der Waals surface area contributed by atoms with E-state index in [1.807, 2.05) is 23.1 Å². The summed E-state index contributed by atoms with van der Waals surface area (Å²) >= 11 is 5.99. The van der Waals surface area contributed by atoms with E-state index in [-0.39, 0.29) is 29.2 Å². The molecule has 0 unspecified atom stereocenters. The fraction of sp³-hybridized carbons (Fsp3) is 0.500. The molecule has 1 saturated heterocycles. The van der Waals surface area contributed by atoms with Gasteiger partial charge in [-0.05, 0) is 81.2 Å². The van der Waals surface area contributed by atoms with E-state index in [0.29, 0.717) is 17.5 Å². The molecule has 2 fully saturated rings. The number of amides is 1. The Hall–Kier alpha value is -2.64. The van der Waals surface area contributed by atoms with E-state index in [1.165, 1.54) is 5.56 Å². The number of carbonyl (C=O) groups is 1. The number of hydrogen-bond donors (Lipinski definition) is 1. The van der Waals surface area contributed by atoms with Crippen molar-refractivity contribution in [2.24, 2.45) is 0 Å². The van der Waals surface area contributed by atoms with Crippen molar-refractivity contribution in [1.29, 1.82) is 0 Å². The van der Waals surface area contributed by atoms with Gasteiger partial charge in [0.05, 0.1) is 11.0 Å². The van der Waals surface area contributed by atoms with Gasteiger partial charge in [-0.2, -0.15) is 0 Å². The fourth-order valence-electron chi connectivity index (χ4n) is 5.04. The van der Waals surface area contributed by atoms with Crippen molar-refractivity contribution < 1.29 is 14.5 Å². The van der Waals surface area contributed by atoms with Gasteiger partial charge in [-0.1, -0.05) is 23.7 Å². The van der Waals surface area contributed by atoms with Gasteiger partial charge in [0, 0.05) is 41.5 Å². The third-order valence-electron chi connectivity index (χ3n) is 7.07. The van der Waals surface area contributed by atoms with Crippen LogP contribution >= 0.6 is 11.6 Å². The maximum absolute atomic E-state index is 12.7. The molecule has 1 aliphatic heterocycles. The van der Waals surface area contributed by atoms with Crippen LogP contribution in [0.25, 0.3) is 0 Å². The summed E-state index contributed by atoms with van der Waals surface area (Å²) in [4.78, 5) is 25.2. The predicted molar refractivity (Wildman–Crippen MR) is 133 cm³/mol. The van der Waals surface area contributed by atoms with Gasteiger partial charge in [-0.25, -0.2) is 0 Å². The first-order chi connectivity index (χ1) is 16.4. The Kier molecular flexibility index (Phi) is 8.06. The van der Waals surface area contributed by atoms with E-state index in [1.54, 1.807) is 19.1 Å². The predicted octanol–water partition coefficient (Wildman–Crippen LogP) is 5.70. The van der Waals surface area contributed by atoms with Crippen molar-refractivity contribution >= 4 is 28.9 Å². The minimum absolute atomic E-state index is 0.0798. The molecule has 1 amide bonds. The number of ether oxygens (including phenoxy) is 1. The average molecular weight is 486 g/mol. The highest BCUT2D eigenvalue weighted by Crippen LogP contribution is 2.30. The van der Waals surface area contributed by atoms with Crippen LogP contribution < -0.4 is 5.32 Å². The number of nitrogens with one attached hydrogen (secondary N) is 1. The molecule has 0 atom stereocenters. The number of nitro groups is 1. The first-order valence-corrected chi connectivity index (χ1v) is 12.4. The quantitative estimate of drug-likeness (QED) is 0.401. The molecule has 2 aromatic carbocycles. The third-order valence-corrected chi connectivity index (χ3v) is 7.32. The summed E-state index contributed by atoms with van der Waals surface area (Å²) in [6.45, 7) is 3.43. The lowest BCUT2D eigenvalue weighted by atomic mass is 9.89. The molecule has 0 aromatic heterocycles. The first-order valence-electron chi connectivity index (χ1n) is 12.1. The zero-order valence-electron chi connectivity index (χ0n) is 19.5. The number of nitro benzene ring substituents is 1. The molecule has 1 N–H and O–H groups in total. The molecule has 0 radical (unpaired) electrons. The zero-order valence-corrected chi connectivity index (χ0v) is 20.3. The van der Waals surface area contributed by atoms with Crippen molar-refractivity contribution in [3.05, 3.63) is 68.7 Å². The average Bonchev–Trinajstić information content (AvgIpc) is 2.84. The fourth-order valence-corrected chi connectivity index (χ4v) is 5.16. The topological polar surface area (TPSA) is 84.7 Å². The van der Waals surface area contributed by atoms with Gasteiger partial charge in [0.15, 0.2) is 0 Å². The zero-order chi connectivity index (χ0) is 24.1. The number of benzene rings is 2. The Morgan fingerprint density at radius 2 is 1.76 bits per heavy atom. The van der Waals surface area contributed by atoms with Crippen molar-refractivity contribution in [3.8, 4) is 0 Å². The molecule has 0 bridgehead atoms. The number of hydrogen-bond acceptors (Lipinski definition) is 5. The van der Waals surface area contributed by atoms with Gasteiger partial charge in [-0.15, -0.1) is 0 Å². The van der Waals surface area contributed by atoms with Gasteiger partial charge in [0.25, 0.3) is 5.69 Å². The molecule has 1 heterocycles. The molecular formula is C26H32ClN3O4. The lowest BCUT2D eigenvalue weighted by Crippen LogP contribution is -2.41. The molecule has 2 aliphatic rings. The molecule has 182 valence electrons. The van der Waals surface area contributed by atoms with E-state index in [2.05, 4.69) is 17.4 Å². The number of aryl methyl sites for hydroxylation is 1. The lowest BCUT2D eigenvalue weighted by Gasteiger charge is -2.33. The normalized spacial score (nSPS) is 21.3. The van der Waals surface area contributed by atoms with Crippen molar-refractivity contribution in [2.45, 2.75) is 63.5 Å². The maximum Gasteiger partial charge on any atom is 0.272 e. The number of piperidine rings is 1. The van der Waals surface area contributed by atoms with Crippen molar-refractivity contribution in [3.63, 3.8) is 0 Å². The Morgan fingerprint density at radius 1 is 1.09 bits per heavy atom. The molecule has 0 spiro atoms. The maximum atomic E-state index is 12.7. The third kappa shape index (κ3) is 6.27. The van der Waals surface area contributed by atoms with Crippen LogP contribution in [0.15, 0.2) is 42.5 Å². The van der Waals surface area contributed by atoms with E-state index in [0.717, 1.165) is 62.3 Å².